The first-order valence-electron chi connectivity index (χ1n) is 5.27. The lowest BCUT2D eigenvalue weighted by molar-refractivity contribution is 0.941. The van der Waals surface area contributed by atoms with Crippen molar-refractivity contribution >= 4 is 0 Å². The van der Waals surface area contributed by atoms with Crippen molar-refractivity contribution in [1.82, 2.24) is 0 Å². The average molecular weight is 189 g/mol. The first-order valence-corrected chi connectivity index (χ1v) is 5.27. The van der Waals surface area contributed by atoms with Gasteiger partial charge in [0.25, 0.3) is 0 Å². The van der Waals surface area contributed by atoms with Crippen LogP contribution < -0.4 is 0 Å². The summed E-state index contributed by atoms with van der Waals surface area (Å²) in [6.45, 7) is 8.05. The third-order valence-corrected chi connectivity index (χ3v) is 2.10. The summed E-state index contributed by atoms with van der Waals surface area (Å²) in [7, 11) is 0. The SMILES string of the molecule is CC.CCc1ccccc1C(C)C#N. The summed E-state index contributed by atoms with van der Waals surface area (Å²) >= 11 is 0. The molecule has 0 spiro atoms. The fourth-order valence-corrected chi connectivity index (χ4v) is 1.35. The first kappa shape index (κ1) is 12.7. The van der Waals surface area contributed by atoms with Crippen LogP contribution in [0.2, 0.25) is 0 Å². The van der Waals surface area contributed by atoms with Crippen LogP contribution in [-0.2, 0) is 6.42 Å². The zero-order valence-corrected chi connectivity index (χ0v) is 9.54. The predicted octanol–water partition coefficient (Wildman–Crippen LogP) is 3.90. The summed E-state index contributed by atoms with van der Waals surface area (Å²) in [5, 5.41) is 8.76. The lowest BCUT2D eigenvalue weighted by Crippen LogP contribution is -1.95. The Morgan fingerprint density at radius 1 is 1.29 bits per heavy atom. The van der Waals surface area contributed by atoms with E-state index in [0.717, 1.165) is 6.42 Å². The van der Waals surface area contributed by atoms with Gasteiger partial charge in [-0.1, -0.05) is 45.0 Å². The van der Waals surface area contributed by atoms with Crippen LogP contribution in [0.15, 0.2) is 24.3 Å². The molecule has 0 radical (unpaired) electrons. The number of nitriles is 1. The van der Waals surface area contributed by atoms with Gasteiger partial charge in [0.1, 0.15) is 0 Å². The van der Waals surface area contributed by atoms with Gasteiger partial charge in [-0.15, -0.1) is 0 Å². The van der Waals surface area contributed by atoms with Gasteiger partial charge in [-0.05, 0) is 24.5 Å². The Hall–Kier alpha value is -1.29. The highest BCUT2D eigenvalue weighted by Gasteiger charge is 2.06. The molecule has 0 heterocycles. The van der Waals surface area contributed by atoms with Crippen molar-refractivity contribution in [2.75, 3.05) is 0 Å². The van der Waals surface area contributed by atoms with E-state index in [2.05, 4.69) is 19.1 Å². The zero-order valence-electron chi connectivity index (χ0n) is 9.54. The molecule has 0 N–H and O–H groups in total. The minimum Gasteiger partial charge on any atom is -0.198 e. The van der Waals surface area contributed by atoms with Crippen LogP contribution in [0.5, 0.6) is 0 Å². The van der Waals surface area contributed by atoms with Crippen LogP contribution in [0.4, 0.5) is 0 Å². The molecule has 1 heteroatoms. The lowest BCUT2D eigenvalue weighted by atomic mass is 9.96. The maximum absolute atomic E-state index is 8.76. The topological polar surface area (TPSA) is 23.8 Å². The van der Waals surface area contributed by atoms with Crippen LogP contribution in [0, 0.1) is 11.3 Å². The van der Waals surface area contributed by atoms with Crippen LogP contribution in [0.1, 0.15) is 44.7 Å². The summed E-state index contributed by atoms with van der Waals surface area (Å²) in [6, 6.07) is 10.4. The minimum absolute atomic E-state index is 0.0150. The second-order valence-electron chi connectivity index (χ2n) is 2.90. The Bertz CT molecular complexity index is 296. The molecule has 0 saturated heterocycles. The van der Waals surface area contributed by atoms with Crippen molar-refractivity contribution < 1.29 is 0 Å². The van der Waals surface area contributed by atoms with E-state index in [1.54, 1.807) is 0 Å². The van der Waals surface area contributed by atoms with Crippen molar-refractivity contribution in [3.63, 3.8) is 0 Å². The predicted molar refractivity (Wildman–Crippen MR) is 61.2 cm³/mol. The zero-order chi connectivity index (χ0) is 11.0. The molecule has 1 rings (SSSR count). The molecular weight excluding hydrogens is 170 g/mol. The molecule has 1 unspecified atom stereocenters. The van der Waals surface area contributed by atoms with Crippen molar-refractivity contribution in [2.45, 2.75) is 40.0 Å². The van der Waals surface area contributed by atoms with E-state index < -0.39 is 0 Å². The molecule has 0 fully saturated rings. The molecule has 76 valence electrons. The first-order chi connectivity index (χ1) is 6.79. The van der Waals surface area contributed by atoms with Gasteiger partial charge in [0, 0.05) is 0 Å². The molecule has 0 amide bonds. The molecule has 14 heavy (non-hydrogen) atoms. The van der Waals surface area contributed by atoms with Gasteiger partial charge < -0.3 is 0 Å². The Morgan fingerprint density at radius 2 is 1.86 bits per heavy atom. The van der Waals surface area contributed by atoms with Gasteiger partial charge in [-0.25, -0.2) is 0 Å². The second kappa shape index (κ2) is 7.15. The molecule has 0 aliphatic heterocycles. The van der Waals surface area contributed by atoms with E-state index in [1.807, 2.05) is 39.0 Å². The van der Waals surface area contributed by atoms with E-state index >= 15 is 0 Å². The molecule has 1 aromatic rings. The Morgan fingerprint density at radius 3 is 2.36 bits per heavy atom. The number of benzene rings is 1. The smallest absolute Gasteiger partial charge is 0.0701 e. The Labute approximate surface area is 87.4 Å². The standard InChI is InChI=1S/C11H13N.C2H6/c1-3-10-6-4-5-7-11(10)9(2)8-12;1-2/h4-7,9H,3H2,1-2H3;1-2H3. The number of hydrogen-bond donors (Lipinski definition) is 0. The molecule has 0 saturated carbocycles. The minimum atomic E-state index is 0.0150. The third kappa shape index (κ3) is 3.22. The molecule has 0 aliphatic carbocycles. The Balaban J connectivity index is 0.000000791. The van der Waals surface area contributed by atoms with E-state index in [1.165, 1.54) is 11.1 Å². The largest absolute Gasteiger partial charge is 0.198 e. The highest BCUT2D eigenvalue weighted by atomic mass is 14.3. The van der Waals surface area contributed by atoms with Crippen molar-refractivity contribution in [1.29, 1.82) is 5.26 Å². The number of rotatable bonds is 2. The van der Waals surface area contributed by atoms with Gasteiger partial charge in [0.2, 0.25) is 0 Å². The third-order valence-electron chi connectivity index (χ3n) is 2.10. The van der Waals surface area contributed by atoms with Crippen molar-refractivity contribution in [2.24, 2.45) is 0 Å². The van der Waals surface area contributed by atoms with E-state index in [9.17, 15) is 0 Å². The fourth-order valence-electron chi connectivity index (χ4n) is 1.35. The maximum atomic E-state index is 8.76. The van der Waals surface area contributed by atoms with Gasteiger partial charge in [-0.3, -0.25) is 0 Å². The van der Waals surface area contributed by atoms with Crippen LogP contribution in [0.3, 0.4) is 0 Å². The van der Waals surface area contributed by atoms with Crippen molar-refractivity contribution in [3.05, 3.63) is 35.4 Å². The fraction of sp³-hybridized carbons (Fsp3) is 0.462. The summed E-state index contributed by atoms with van der Waals surface area (Å²) in [4.78, 5) is 0. The van der Waals surface area contributed by atoms with E-state index in [-0.39, 0.29) is 5.92 Å². The summed E-state index contributed by atoms with van der Waals surface area (Å²) in [6.07, 6.45) is 1.00. The molecule has 1 atom stereocenters. The van der Waals surface area contributed by atoms with E-state index in [4.69, 9.17) is 5.26 Å². The number of nitrogens with zero attached hydrogens (tertiary/aromatic N) is 1. The number of aryl methyl sites for hydroxylation is 1. The summed E-state index contributed by atoms with van der Waals surface area (Å²) < 4.78 is 0. The molecule has 1 nitrogen and oxygen atoms in total. The Kier molecular flexibility index (Phi) is 6.49. The van der Waals surface area contributed by atoms with Crippen molar-refractivity contribution in [3.8, 4) is 6.07 Å². The van der Waals surface area contributed by atoms with Crippen LogP contribution in [-0.4, -0.2) is 0 Å². The molecular formula is C13H19N. The molecule has 0 aliphatic rings. The monoisotopic (exact) mass is 189 g/mol. The highest BCUT2D eigenvalue weighted by molar-refractivity contribution is 5.32. The van der Waals surface area contributed by atoms with Gasteiger partial charge >= 0.3 is 0 Å². The molecule has 0 bridgehead atoms. The molecule has 1 aromatic carbocycles. The second-order valence-corrected chi connectivity index (χ2v) is 2.90. The van der Waals surface area contributed by atoms with E-state index in [0.29, 0.717) is 0 Å². The normalized spacial score (nSPS) is 10.8. The number of hydrogen-bond acceptors (Lipinski definition) is 1. The quantitative estimate of drug-likeness (QED) is 0.692. The molecule has 0 aromatic heterocycles. The van der Waals surface area contributed by atoms with Crippen LogP contribution >= 0.6 is 0 Å². The van der Waals surface area contributed by atoms with Crippen LogP contribution in [0.25, 0.3) is 0 Å². The van der Waals surface area contributed by atoms with Gasteiger partial charge in [-0.2, -0.15) is 5.26 Å². The summed E-state index contributed by atoms with van der Waals surface area (Å²) in [5.41, 5.74) is 2.45. The summed E-state index contributed by atoms with van der Waals surface area (Å²) in [5.74, 6) is 0.0150. The highest BCUT2D eigenvalue weighted by Crippen LogP contribution is 2.18. The average Bonchev–Trinajstić information content (AvgIpc) is 2.30. The van der Waals surface area contributed by atoms with Gasteiger partial charge in [0.15, 0.2) is 0 Å². The van der Waals surface area contributed by atoms with Gasteiger partial charge in [0.05, 0.1) is 12.0 Å². The maximum Gasteiger partial charge on any atom is 0.0701 e. The lowest BCUT2D eigenvalue weighted by Gasteiger charge is -2.07.